The van der Waals surface area contributed by atoms with Crippen LogP contribution >= 0.6 is 0 Å². The molecule has 0 spiro atoms. The number of benzene rings is 1. The van der Waals surface area contributed by atoms with Gasteiger partial charge >= 0.3 is 0 Å². The van der Waals surface area contributed by atoms with E-state index < -0.39 is 14.9 Å². The fourth-order valence-electron chi connectivity index (χ4n) is 2.92. The van der Waals surface area contributed by atoms with Gasteiger partial charge in [0.15, 0.2) is 0 Å². The van der Waals surface area contributed by atoms with Gasteiger partial charge < -0.3 is 5.32 Å². The second kappa shape index (κ2) is 4.80. The van der Waals surface area contributed by atoms with Crippen molar-refractivity contribution in [2.24, 2.45) is 11.8 Å². The van der Waals surface area contributed by atoms with Gasteiger partial charge in [-0.1, -0.05) is 6.07 Å². The Morgan fingerprint density at radius 2 is 1.90 bits per heavy atom. The zero-order chi connectivity index (χ0) is 14.3. The molecule has 7 nitrogen and oxygen atoms in total. The third-order valence-electron chi connectivity index (χ3n) is 4.02. The molecule has 2 atom stereocenters. The summed E-state index contributed by atoms with van der Waals surface area (Å²) in [6, 6.07) is 5.24. The minimum absolute atomic E-state index is 0.000340. The monoisotopic (exact) mass is 297 g/mol. The van der Waals surface area contributed by atoms with Crippen LogP contribution in [0.15, 0.2) is 29.2 Å². The van der Waals surface area contributed by atoms with Crippen molar-refractivity contribution in [3.05, 3.63) is 34.4 Å². The topological polar surface area (TPSA) is 92.5 Å². The van der Waals surface area contributed by atoms with Gasteiger partial charge in [-0.15, -0.1) is 0 Å². The lowest BCUT2D eigenvalue weighted by Gasteiger charge is -2.17. The zero-order valence-corrected chi connectivity index (χ0v) is 11.5. The maximum absolute atomic E-state index is 12.5. The van der Waals surface area contributed by atoms with Gasteiger partial charge in [-0.25, -0.2) is 8.42 Å². The summed E-state index contributed by atoms with van der Waals surface area (Å²) in [4.78, 5) is 10.2. The molecule has 2 saturated heterocycles. The molecular formula is C12H15N3O4S. The molecule has 1 aromatic carbocycles. The third-order valence-corrected chi connectivity index (χ3v) is 5.85. The molecule has 0 saturated carbocycles. The van der Waals surface area contributed by atoms with Crippen molar-refractivity contribution in [1.29, 1.82) is 0 Å². The van der Waals surface area contributed by atoms with Crippen LogP contribution in [0, 0.1) is 22.0 Å². The van der Waals surface area contributed by atoms with Crippen molar-refractivity contribution in [3.63, 3.8) is 0 Å². The van der Waals surface area contributed by atoms with E-state index in [1.54, 1.807) is 0 Å². The second-order valence-corrected chi connectivity index (χ2v) is 7.19. The van der Waals surface area contributed by atoms with E-state index >= 15 is 0 Å². The van der Waals surface area contributed by atoms with Crippen LogP contribution in [0.1, 0.15) is 0 Å². The number of nitrogens with zero attached hydrogens (tertiary/aromatic N) is 2. The van der Waals surface area contributed by atoms with Crippen molar-refractivity contribution in [3.8, 4) is 0 Å². The summed E-state index contributed by atoms with van der Waals surface area (Å²) in [5.41, 5.74) is -0.202. The molecule has 0 unspecified atom stereocenters. The molecule has 3 rings (SSSR count). The fourth-order valence-corrected chi connectivity index (χ4v) is 4.51. The Hall–Kier alpha value is -1.51. The van der Waals surface area contributed by atoms with Crippen LogP contribution in [0.3, 0.4) is 0 Å². The molecule has 0 aliphatic carbocycles. The Bertz CT molecular complexity index is 634. The first-order valence-corrected chi connectivity index (χ1v) is 7.88. The number of nitrogens with one attached hydrogen (secondary N) is 1. The molecule has 8 heteroatoms. The first-order chi connectivity index (χ1) is 9.48. The molecule has 0 amide bonds. The molecule has 1 aromatic rings. The van der Waals surface area contributed by atoms with Crippen LogP contribution < -0.4 is 5.32 Å². The van der Waals surface area contributed by atoms with E-state index in [4.69, 9.17) is 0 Å². The van der Waals surface area contributed by atoms with E-state index in [2.05, 4.69) is 5.32 Å². The van der Waals surface area contributed by atoms with E-state index in [1.165, 1.54) is 22.5 Å². The highest BCUT2D eigenvalue weighted by molar-refractivity contribution is 7.89. The van der Waals surface area contributed by atoms with Gasteiger partial charge in [-0.05, 0) is 31.0 Å². The number of nitro benzene ring substituents is 1. The van der Waals surface area contributed by atoms with Crippen molar-refractivity contribution >= 4 is 15.7 Å². The Morgan fingerprint density at radius 1 is 1.25 bits per heavy atom. The summed E-state index contributed by atoms with van der Waals surface area (Å²) in [6.45, 7) is 2.66. The van der Waals surface area contributed by atoms with Crippen molar-refractivity contribution in [2.45, 2.75) is 4.90 Å². The zero-order valence-electron chi connectivity index (χ0n) is 10.7. The maximum Gasteiger partial charge on any atom is 0.270 e. The Labute approximate surface area is 116 Å². The molecule has 0 bridgehead atoms. The number of rotatable bonds is 3. The minimum atomic E-state index is -3.64. The van der Waals surface area contributed by atoms with E-state index in [1.807, 2.05) is 0 Å². The minimum Gasteiger partial charge on any atom is -0.316 e. The van der Waals surface area contributed by atoms with Crippen molar-refractivity contribution in [1.82, 2.24) is 9.62 Å². The summed E-state index contributed by atoms with van der Waals surface area (Å²) in [5.74, 6) is 0.701. The quantitative estimate of drug-likeness (QED) is 0.645. The number of nitro groups is 1. The molecule has 0 radical (unpaired) electrons. The van der Waals surface area contributed by atoms with Crippen molar-refractivity contribution in [2.75, 3.05) is 26.2 Å². The lowest BCUT2D eigenvalue weighted by atomic mass is 10.0. The average Bonchev–Trinajstić information content (AvgIpc) is 2.99. The number of non-ortho nitro benzene ring substituents is 1. The molecular weight excluding hydrogens is 282 g/mol. The molecule has 108 valence electrons. The molecule has 1 N–H and O–H groups in total. The van der Waals surface area contributed by atoms with Crippen LogP contribution in [-0.4, -0.2) is 43.8 Å². The molecule has 0 aromatic heterocycles. The summed E-state index contributed by atoms with van der Waals surface area (Å²) in [7, 11) is -3.64. The lowest BCUT2D eigenvalue weighted by molar-refractivity contribution is -0.385. The van der Waals surface area contributed by atoms with Crippen LogP contribution in [0.5, 0.6) is 0 Å². The summed E-state index contributed by atoms with van der Waals surface area (Å²) >= 11 is 0. The molecule has 20 heavy (non-hydrogen) atoms. The van der Waals surface area contributed by atoms with Crippen LogP contribution in [0.2, 0.25) is 0 Å². The summed E-state index contributed by atoms with van der Waals surface area (Å²) in [6.07, 6.45) is 0. The van der Waals surface area contributed by atoms with E-state index in [0.29, 0.717) is 24.9 Å². The molecule has 2 aliphatic heterocycles. The standard InChI is InChI=1S/C12H15N3O4S/c16-15(17)11-2-1-3-12(4-11)20(18,19)14-7-9-5-13-6-10(9)8-14/h1-4,9-10,13H,5-8H2/t9-,10+. The fraction of sp³-hybridized carbons (Fsp3) is 0.500. The van der Waals surface area contributed by atoms with Gasteiger partial charge in [-0.2, -0.15) is 4.31 Å². The number of fused-ring (bicyclic) bond motifs is 1. The van der Waals surface area contributed by atoms with E-state index in [0.717, 1.165) is 19.2 Å². The summed E-state index contributed by atoms with van der Waals surface area (Å²) < 4.78 is 26.5. The highest BCUT2D eigenvalue weighted by Crippen LogP contribution is 2.31. The highest BCUT2D eigenvalue weighted by Gasteiger charge is 2.41. The van der Waals surface area contributed by atoms with Crippen molar-refractivity contribution < 1.29 is 13.3 Å². The third kappa shape index (κ3) is 2.19. The number of hydrogen-bond acceptors (Lipinski definition) is 5. The number of sulfonamides is 1. The average molecular weight is 297 g/mol. The molecule has 2 fully saturated rings. The lowest BCUT2D eigenvalue weighted by Crippen LogP contribution is -2.31. The predicted octanol–water partition coefficient (Wildman–Crippen LogP) is 0.435. The first kappa shape index (κ1) is 13.5. The van der Waals surface area contributed by atoms with Gasteiger partial charge in [0, 0.05) is 25.2 Å². The van der Waals surface area contributed by atoms with E-state index in [9.17, 15) is 18.5 Å². The molecule has 2 heterocycles. The van der Waals surface area contributed by atoms with Gasteiger partial charge in [-0.3, -0.25) is 10.1 Å². The largest absolute Gasteiger partial charge is 0.316 e. The van der Waals surface area contributed by atoms with Crippen LogP contribution in [-0.2, 0) is 10.0 Å². The van der Waals surface area contributed by atoms with Gasteiger partial charge in [0.05, 0.1) is 9.82 Å². The maximum atomic E-state index is 12.5. The van der Waals surface area contributed by atoms with Gasteiger partial charge in [0.2, 0.25) is 10.0 Å². The normalized spacial score (nSPS) is 26.6. The van der Waals surface area contributed by atoms with Crippen LogP contribution in [0.4, 0.5) is 5.69 Å². The second-order valence-electron chi connectivity index (χ2n) is 5.25. The SMILES string of the molecule is O=[N+]([O-])c1cccc(S(=O)(=O)N2C[C@H]3CNC[C@H]3C2)c1. The predicted molar refractivity (Wildman–Crippen MR) is 71.7 cm³/mol. The Kier molecular flexibility index (Phi) is 3.23. The van der Waals surface area contributed by atoms with E-state index in [-0.39, 0.29) is 10.6 Å². The smallest absolute Gasteiger partial charge is 0.270 e. The first-order valence-electron chi connectivity index (χ1n) is 6.44. The highest BCUT2D eigenvalue weighted by atomic mass is 32.2. The number of hydrogen-bond donors (Lipinski definition) is 1. The Morgan fingerprint density at radius 3 is 2.50 bits per heavy atom. The molecule has 2 aliphatic rings. The van der Waals surface area contributed by atoms with Gasteiger partial charge in [0.25, 0.3) is 5.69 Å². The Balaban J connectivity index is 1.89. The van der Waals surface area contributed by atoms with Crippen LogP contribution in [0.25, 0.3) is 0 Å². The summed E-state index contributed by atoms with van der Waals surface area (Å²) in [5, 5.41) is 14.0. The van der Waals surface area contributed by atoms with Gasteiger partial charge in [0.1, 0.15) is 0 Å².